The Morgan fingerprint density at radius 1 is 0.826 bits per heavy atom. The van der Waals surface area contributed by atoms with Gasteiger partial charge in [0.05, 0.1) is 28.6 Å². The minimum absolute atomic E-state index is 0.219. The van der Waals surface area contributed by atoms with Crippen LogP contribution in [-0.4, -0.2) is 38.2 Å². The van der Waals surface area contributed by atoms with Crippen molar-refractivity contribution in [3.8, 4) is 12.1 Å². The number of H-pyrrole nitrogens is 1. The summed E-state index contributed by atoms with van der Waals surface area (Å²) in [5.41, 5.74) is 6.46. The number of halogens is 2. The van der Waals surface area contributed by atoms with Gasteiger partial charge in [0.2, 0.25) is 5.95 Å². The smallest absolute Gasteiger partial charge is 0.274 e. The molecule has 46 heavy (non-hydrogen) atoms. The van der Waals surface area contributed by atoms with Crippen molar-refractivity contribution in [2.45, 2.75) is 34.2 Å². The number of amides is 2. The number of aromatic amines is 1. The molecule has 0 bridgehead atoms. The van der Waals surface area contributed by atoms with E-state index < -0.39 is 23.6 Å². The summed E-state index contributed by atoms with van der Waals surface area (Å²) < 4.78 is 27.5. The quantitative estimate of drug-likeness (QED) is 0.231. The molecule has 4 heterocycles. The Morgan fingerprint density at radius 2 is 1.41 bits per heavy atom. The second kappa shape index (κ2) is 12.7. The number of benzene rings is 2. The summed E-state index contributed by atoms with van der Waals surface area (Å²) >= 11 is 0. The minimum atomic E-state index is -0.556. The lowest BCUT2D eigenvalue weighted by molar-refractivity contribution is 0.101. The van der Waals surface area contributed by atoms with Crippen LogP contribution in [0.2, 0.25) is 0 Å². The van der Waals surface area contributed by atoms with E-state index in [2.05, 4.69) is 35.8 Å². The molecule has 1 aliphatic heterocycles. The summed E-state index contributed by atoms with van der Waals surface area (Å²) in [4.78, 5) is 36.9. The van der Waals surface area contributed by atoms with Gasteiger partial charge in [0, 0.05) is 41.1 Å². The van der Waals surface area contributed by atoms with Crippen molar-refractivity contribution in [1.82, 2.24) is 20.2 Å². The molecule has 11 nitrogen and oxygen atoms in total. The van der Waals surface area contributed by atoms with E-state index in [1.807, 2.05) is 12.1 Å². The molecular formula is C33H25F2N9O2. The molecular weight excluding hydrogens is 592 g/mol. The van der Waals surface area contributed by atoms with Crippen molar-refractivity contribution in [1.29, 1.82) is 10.5 Å². The molecule has 1 aliphatic rings. The van der Waals surface area contributed by atoms with E-state index in [9.17, 15) is 18.4 Å². The highest BCUT2D eigenvalue weighted by Crippen LogP contribution is 2.25. The van der Waals surface area contributed by atoms with Crippen molar-refractivity contribution in [2.75, 3.05) is 10.6 Å². The molecule has 0 saturated heterocycles. The van der Waals surface area contributed by atoms with Gasteiger partial charge < -0.3 is 10.6 Å². The first kappa shape index (κ1) is 31.1. The molecule has 228 valence electrons. The number of rotatable bonds is 4. The Hall–Kier alpha value is -6.34. The third kappa shape index (κ3) is 6.02. The maximum absolute atomic E-state index is 14.0. The monoisotopic (exact) mass is 617 g/mol. The zero-order valence-electron chi connectivity index (χ0n) is 25.1. The fourth-order valence-corrected chi connectivity index (χ4v) is 4.77. The highest BCUT2D eigenvalue weighted by molar-refractivity contribution is 6.05. The second-order valence-corrected chi connectivity index (χ2v) is 10.4. The number of anilines is 2. The minimum Gasteiger partial charge on any atom is -0.321 e. The van der Waals surface area contributed by atoms with Crippen LogP contribution in [0.5, 0.6) is 0 Å². The van der Waals surface area contributed by atoms with Crippen LogP contribution in [0.15, 0.2) is 47.7 Å². The molecule has 0 spiro atoms. The zero-order chi connectivity index (χ0) is 33.1. The third-order valence-electron chi connectivity index (χ3n) is 7.69. The number of pyridine rings is 2. The van der Waals surface area contributed by atoms with E-state index >= 15 is 0 Å². The van der Waals surface area contributed by atoms with Crippen LogP contribution in [0.3, 0.4) is 0 Å². The van der Waals surface area contributed by atoms with Crippen molar-refractivity contribution in [3.63, 3.8) is 0 Å². The van der Waals surface area contributed by atoms with Gasteiger partial charge in [0.25, 0.3) is 11.8 Å². The number of nitrogens with one attached hydrogen (secondary N) is 3. The molecule has 0 unspecified atom stereocenters. The van der Waals surface area contributed by atoms with Crippen molar-refractivity contribution < 1.29 is 18.4 Å². The normalized spacial score (nSPS) is 11.2. The van der Waals surface area contributed by atoms with E-state index in [4.69, 9.17) is 10.5 Å². The molecule has 2 aromatic carbocycles. The number of aliphatic imine (C=N–C) groups is 1. The Labute approximate surface area is 261 Å². The highest BCUT2D eigenvalue weighted by Gasteiger charge is 2.19. The molecule has 5 aromatic rings. The number of carbonyl (C=O) groups excluding carboxylic acids is 2. The predicted molar refractivity (Wildman–Crippen MR) is 167 cm³/mol. The summed E-state index contributed by atoms with van der Waals surface area (Å²) in [5, 5.41) is 29.6. The molecule has 13 heteroatoms. The van der Waals surface area contributed by atoms with Gasteiger partial charge in [-0.25, -0.2) is 14.4 Å². The maximum atomic E-state index is 14.0. The summed E-state index contributed by atoms with van der Waals surface area (Å²) in [6.07, 6.45) is 4.33. The van der Waals surface area contributed by atoms with E-state index in [-0.39, 0.29) is 11.4 Å². The SMILES string of the molecule is Cc1c(C#N)cnc(C(=O)Nc2cc(F)c3c(c2)C=NC3)c1C.Cc1c(C#N)cnc(C(=O)Nc2ccc3n[nH]c(F)c3c2)c1C. The van der Waals surface area contributed by atoms with Crippen LogP contribution in [-0.2, 0) is 6.54 Å². The van der Waals surface area contributed by atoms with Gasteiger partial charge in [-0.3, -0.25) is 19.7 Å². The highest BCUT2D eigenvalue weighted by atomic mass is 19.1. The topological polar surface area (TPSA) is 173 Å². The van der Waals surface area contributed by atoms with E-state index in [0.29, 0.717) is 73.3 Å². The van der Waals surface area contributed by atoms with Crippen LogP contribution in [0, 0.1) is 62.1 Å². The standard InChI is InChI=1S/C17H13FN4O.C16H12FN5O/c1-9-10(2)16(21-7-12(9)5-19)17(23)22-13-3-11-6-20-8-14(11)15(18)4-13;1-8-9(2)14(19-7-10(8)6-18)16(23)20-11-3-4-13-12(5-11)15(17)22-21-13/h3-4,6-7H,8H2,1-2H3,(H,22,23);3-5,7H,1-2H3,(H,20,23)(H,21,22). The first-order valence-corrected chi connectivity index (χ1v) is 13.8. The van der Waals surface area contributed by atoms with Crippen LogP contribution in [0.25, 0.3) is 10.9 Å². The third-order valence-corrected chi connectivity index (χ3v) is 7.69. The van der Waals surface area contributed by atoms with Crippen LogP contribution in [0.1, 0.15) is 65.5 Å². The average Bonchev–Trinajstić information content (AvgIpc) is 3.67. The lowest BCUT2D eigenvalue weighted by atomic mass is 10.0. The molecule has 0 aliphatic carbocycles. The van der Waals surface area contributed by atoms with Gasteiger partial charge in [-0.05, 0) is 80.3 Å². The number of aromatic nitrogens is 4. The molecule has 3 aromatic heterocycles. The van der Waals surface area contributed by atoms with Crippen molar-refractivity contribution in [3.05, 3.63) is 110 Å². The average molecular weight is 618 g/mol. The summed E-state index contributed by atoms with van der Waals surface area (Å²) in [5.74, 6) is -1.81. The Bertz CT molecular complexity index is 2180. The van der Waals surface area contributed by atoms with Crippen LogP contribution < -0.4 is 10.6 Å². The number of hydrogen-bond donors (Lipinski definition) is 3. The van der Waals surface area contributed by atoms with Gasteiger partial charge >= 0.3 is 0 Å². The maximum Gasteiger partial charge on any atom is 0.274 e. The molecule has 0 fully saturated rings. The fourth-order valence-electron chi connectivity index (χ4n) is 4.77. The second-order valence-electron chi connectivity index (χ2n) is 10.4. The Balaban J connectivity index is 0.000000181. The van der Waals surface area contributed by atoms with Crippen LogP contribution in [0.4, 0.5) is 20.2 Å². The Morgan fingerprint density at radius 3 is 2.00 bits per heavy atom. The number of fused-ring (bicyclic) bond motifs is 2. The molecule has 0 saturated carbocycles. The molecule has 2 amide bonds. The first-order chi connectivity index (χ1) is 22.0. The predicted octanol–water partition coefficient (Wildman–Crippen LogP) is 5.73. The van der Waals surface area contributed by atoms with E-state index in [1.54, 1.807) is 52.1 Å². The van der Waals surface area contributed by atoms with Crippen molar-refractivity contribution >= 4 is 40.3 Å². The van der Waals surface area contributed by atoms with Crippen molar-refractivity contribution in [2.24, 2.45) is 4.99 Å². The lowest BCUT2D eigenvalue weighted by Gasteiger charge is -2.11. The lowest BCUT2D eigenvalue weighted by Crippen LogP contribution is -2.16. The Kier molecular flexibility index (Phi) is 8.60. The summed E-state index contributed by atoms with van der Waals surface area (Å²) in [6.45, 7) is 7.31. The van der Waals surface area contributed by atoms with E-state index in [0.717, 1.165) is 0 Å². The number of nitriles is 2. The molecule has 0 atom stereocenters. The van der Waals surface area contributed by atoms with Gasteiger partial charge in [-0.1, -0.05) is 0 Å². The van der Waals surface area contributed by atoms with Gasteiger partial charge in [-0.15, -0.1) is 0 Å². The summed E-state index contributed by atoms with van der Waals surface area (Å²) in [7, 11) is 0. The number of nitrogens with zero attached hydrogens (tertiary/aromatic N) is 6. The summed E-state index contributed by atoms with van der Waals surface area (Å²) in [6, 6.07) is 11.7. The molecule has 0 radical (unpaired) electrons. The largest absolute Gasteiger partial charge is 0.321 e. The molecule has 6 rings (SSSR count). The van der Waals surface area contributed by atoms with Gasteiger partial charge in [0.1, 0.15) is 29.3 Å². The van der Waals surface area contributed by atoms with E-state index in [1.165, 1.54) is 24.5 Å². The van der Waals surface area contributed by atoms with Gasteiger partial charge in [-0.2, -0.15) is 20.0 Å². The number of carbonyl (C=O) groups is 2. The molecule has 3 N–H and O–H groups in total. The number of hydrogen-bond acceptors (Lipinski definition) is 8. The first-order valence-electron chi connectivity index (χ1n) is 13.8. The fraction of sp³-hybridized carbons (Fsp3) is 0.152. The van der Waals surface area contributed by atoms with Crippen LogP contribution >= 0.6 is 0 Å². The van der Waals surface area contributed by atoms with Gasteiger partial charge in [0.15, 0.2) is 0 Å². The zero-order valence-corrected chi connectivity index (χ0v) is 25.1.